The zero-order chi connectivity index (χ0) is 23.5. The predicted molar refractivity (Wildman–Crippen MR) is 139 cm³/mol. The highest BCUT2D eigenvalue weighted by Gasteiger charge is 2.40. The second-order valence-corrected chi connectivity index (χ2v) is 10.6. The van der Waals surface area contributed by atoms with Crippen molar-refractivity contribution in [3.8, 4) is 0 Å². The van der Waals surface area contributed by atoms with Crippen LogP contribution in [-0.4, -0.2) is 25.1 Å². The van der Waals surface area contributed by atoms with E-state index >= 15 is 0 Å². The Morgan fingerprint density at radius 1 is 0.735 bits per heavy atom. The molecule has 1 aliphatic rings. The van der Waals surface area contributed by atoms with Crippen molar-refractivity contribution in [2.75, 3.05) is 11.4 Å². The van der Waals surface area contributed by atoms with Crippen LogP contribution in [0.4, 0.5) is 5.69 Å². The second-order valence-electron chi connectivity index (χ2n) is 7.89. The molecule has 0 aromatic heterocycles. The fourth-order valence-corrected chi connectivity index (χ4v) is 5.72. The first kappa shape index (κ1) is 22.4. The number of rotatable bonds is 5. The van der Waals surface area contributed by atoms with Gasteiger partial charge in [-0.15, -0.1) is 0 Å². The summed E-state index contributed by atoms with van der Waals surface area (Å²) in [5, 5.41) is 4.77. The number of benzene rings is 4. The van der Waals surface area contributed by atoms with Crippen molar-refractivity contribution in [1.29, 1.82) is 0 Å². The average Bonchev–Trinajstić information content (AvgIpc) is 2.90. The highest BCUT2D eigenvalue weighted by molar-refractivity contribution is 9.10. The lowest BCUT2D eigenvalue weighted by molar-refractivity contribution is 0.317. The molecule has 0 fully saturated rings. The first-order valence-electron chi connectivity index (χ1n) is 10.8. The molecule has 0 bridgehead atoms. The molecule has 34 heavy (non-hydrogen) atoms. The van der Waals surface area contributed by atoms with Gasteiger partial charge in [0, 0.05) is 10.2 Å². The number of sulfonamides is 1. The maximum atomic E-state index is 14.0. The molecule has 0 saturated heterocycles. The molecule has 0 radical (unpaired) electrons. The van der Waals surface area contributed by atoms with Crippen molar-refractivity contribution in [3.05, 3.63) is 131 Å². The first-order valence-corrected chi connectivity index (χ1v) is 13.1. The normalized spacial score (nSPS) is 16.3. The minimum Gasteiger partial charge on any atom is -0.339 e. The number of nitrogens with zero attached hydrogens (tertiary/aromatic N) is 3. The summed E-state index contributed by atoms with van der Waals surface area (Å²) in [5.41, 5.74) is 3.28. The van der Waals surface area contributed by atoms with E-state index in [1.165, 1.54) is 4.41 Å². The van der Waals surface area contributed by atoms with E-state index in [1.54, 1.807) is 30.3 Å². The molecule has 170 valence electrons. The van der Waals surface area contributed by atoms with Crippen molar-refractivity contribution in [2.24, 2.45) is 5.10 Å². The summed E-state index contributed by atoms with van der Waals surface area (Å²) in [6.45, 7) is 0.450. The molecule has 4 aromatic rings. The van der Waals surface area contributed by atoms with Crippen LogP contribution in [0.2, 0.25) is 0 Å². The van der Waals surface area contributed by atoms with Gasteiger partial charge in [0.25, 0.3) is 10.0 Å². The van der Waals surface area contributed by atoms with E-state index in [1.807, 2.05) is 84.9 Å². The number of anilines is 1. The number of hydrogen-bond acceptors (Lipinski definition) is 4. The number of halogens is 1. The molecule has 0 aliphatic carbocycles. The number of hydrazone groups is 1. The number of para-hydroxylation sites is 1. The van der Waals surface area contributed by atoms with Gasteiger partial charge in [-0.05, 0) is 47.5 Å². The maximum absolute atomic E-state index is 14.0. The lowest BCUT2D eigenvalue weighted by Gasteiger charge is -2.43. The van der Waals surface area contributed by atoms with Crippen molar-refractivity contribution in [2.45, 2.75) is 11.1 Å². The molecule has 1 unspecified atom stereocenters. The summed E-state index contributed by atoms with van der Waals surface area (Å²) in [4.78, 5) is 2.28. The monoisotopic (exact) mass is 531 g/mol. The molecule has 1 aliphatic heterocycles. The quantitative estimate of drug-likeness (QED) is 0.314. The average molecular weight is 532 g/mol. The molecule has 7 heteroatoms. The van der Waals surface area contributed by atoms with E-state index in [-0.39, 0.29) is 4.90 Å². The van der Waals surface area contributed by atoms with Gasteiger partial charge in [-0.1, -0.05) is 94.8 Å². The lowest BCUT2D eigenvalue weighted by atomic mass is 10.1. The Morgan fingerprint density at radius 2 is 1.29 bits per heavy atom. The third-order valence-corrected chi connectivity index (χ3v) is 7.86. The predicted octanol–water partition coefficient (Wildman–Crippen LogP) is 6.06. The summed E-state index contributed by atoms with van der Waals surface area (Å²) >= 11 is 3.48. The van der Waals surface area contributed by atoms with Crippen LogP contribution in [0.25, 0.3) is 0 Å². The molecular formula is C27H22BrN3O2S. The van der Waals surface area contributed by atoms with E-state index in [0.717, 1.165) is 21.3 Å². The van der Waals surface area contributed by atoms with Crippen LogP contribution in [0.15, 0.2) is 130 Å². The highest BCUT2D eigenvalue weighted by atomic mass is 79.9. The molecule has 5 nitrogen and oxygen atoms in total. The van der Waals surface area contributed by atoms with Crippen LogP contribution in [-0.2, 0) is 10.0 Å². The molecule has 0 amide bonds. The number of hydrogen-bond donors (Lipinski definition) is 0. The molecule has 0 N–H and O–H groups in total. The van der Waals surface area contributed by atoms with E-state index in [2.05, 4.69) is 20.8 Å². The molecule has 1 atom stereocenters. The topological polar surface area (TPSA) is 53.0 Å². The molecule has 5 rings (SSSR count). The van der Waals surface area contributed by atoms with Gasteiger partial charge < -0.3 is 4.90 Å². The Labute approximate surface area is 208 Å². The standard InChI is InChI=1S/C27H22BrN3O2S/c28-23-18-16-21(17-19-23)26-20-30(24-12-6-2-7-13-24)27(22-10-4-1-5-11-22)31(29-26)34(32,33)25-14-8-3-9-15-25/h1-19,27H,20H2. The Bertz CT molecular complexity index is 1390. The zero-order valence-electron chi connectivity index (χ0n) is 18.2. The minimum absolute atomic E-state index is 0.199. The van der Waals surface area contributed by atoms with Crippen molar-refractivity contribution >= 4 is 37.4 Å². The Hall–Kier alpha value is -3.42. The van der Waals surface area contributed by atoms with E-state index in [0.29, 0.717) is 12.3 Å². The molecule has 0 saturated carbocycles. The largest absolute Gasteiger partial charge is 0.339 e. The van der Waals surface area contributed by atoms with Crippen LogP contribution in [0.1, 0.15) is 17.3 Å². The van der Waals surface area contributed by atoms with Crippen molar-refractivity contribution in [3.63, 3.8) is 0 Å². The van der Waals surface area contributed by atoms with Gasteiger partial charge in [-0.2, -0.15) is 17.9 Å². The summed E-state index contributed by atoms with van der Waals surface area (Å²) in [5.74, 6) is 0. The smallest absolute Gasteiger partial charge is 0.281 e. The summed E-state index contributed by atoms with van der Waals surface area (Å²) in [6.07, 6.45) is -0.645. The van der Waals surface area contributed by atoms with Gasteiger partial charge in [0.05, 0.1) is 17.2 Å². The van der Waals surface area contributed by atoms with Gasteiger partial charge in [-0.3, -0.25) is 0 Å². The summed E-state index contributed by atoms with van der Waals surface area (Å²) in [7, 11) is -3.95. The van der Waals surface area contributed by atoms with Crippen LogP contribution >= 0.6 is 15.9 Å². The van der Waals surface area contributed by atoms with Gasteiger partial charge in [-0.25, -0.2) is 0 Å². The molecule has 1 heterocycles. The highest BCUT2D eigenvalue weighted by Crippen LogP contribution is 2.37. The third kappa shape index (κ3) is 4.36. The minimum atomic E-state index is -3.95. The van der Waals surface area contributed by atoms with E-state index in [9.17, 15) is 8.42 Å². The van der Waals surface area contributed by atoms with E-state index < -0.39 is 16.2 Å². The van der Waals surface area contributed by atoms with Crippen LogP contribution < -0.4 is 4.90 Å². The van der Waals surface area contributed by atoms with Crippen LogP contribution in [0.3, 0.4) is 0 Å². The SMILES string of the molecule is O=S(=O)(c1ccccc1)N1N=C(c2ccc(Br)cc2)CN(c2ccccc2)C1c1ccccc1. The molecular weight excluding hydrogens is 510 g/mol. The Balaban J connectivity index is 1.73. The van der Waals surface area contributed by atoms with Gasteiger partial charge in [0.1, 0.15) is 0 Å². The van der Waals surface area contributed by atoms with Crippen LogP contribution in [0, 0.1) is 0 Å². The zero-order valence-corrected chi connectivity index (χ0v) is 20.6. The van der Waals surface area contributed by atoms with Gasteiger partial charge in [0.15, 0.2) is 6.17 Å². The maximum Gasteiger partial charge on any atom is 0.281 e. The molecule has 0 spiro atoms. The van der Waals surface area contributed by atoms with Crippen molar-refractivity contribution in [1.82, 2.24) is 4.41 Å². The van der Waals surface area contributed by atoms with Gasteiger partial charge in [0.2, 0.25) is 0 Å². The third-order valence-electron chi connectivity index (χ3n) is 5.69. The Kier molecular flexibility index (Phi) is 6.22. The van der Waals surface area contributed by atoms with Crippen LogP contribution in [0.5, 0.6) is 0 Å². The fraction of sp³-hybridized carbons (Fsp3) is 0.0741. The van der Waals surface area contributed by atoms with Gasteiger partial charge >= 0.3 is 0 Å². The molecule has 4 aromatic carbocycles. The fourth-order valence-electron chi connectivity index (χ4n) is 4.03. The second kappa shape index (κ2) is 9.44. The van der Waals surface area contributed by atoms with Crippen molar-refractivity contribution < 1.29 is 8.42 Å². The lowest BCUT2D eigenvalue weighted by Crippen LogP contribution is -2.49. The first-order chi connectivity index (χ1) is 16.5. The summed E-state index contributed by atoms with van der Waals surface area (Å²) in [6, 6.07) is 35.7. The summed E-state index contributed by atoms with van der Waals surface area (Å²) < 4.78 is 30.1. The Morgan fingerprint density at radius 3 is 1.91 bits per heavy atom. The van der Waals surface area contributed by atoms with E-state index in [4.69, 9.17) is 5.10 Å².